The molecule has 0 saturated carbocycles. The van der Waals surface area contributed by atoms with Crippen LogP contribution in [0.5, 0.6) is 0 Å². The monoisotopic (exact) mass is 420 g/mol. The summed E-state index contributed by atoms with van der Waals surface area (Å²) in [5.74, 6) is -0.331. The molecule has 0 fully saturated rings. The smallest absolute Gasteiger partial charge is 0.124 e. The van der Waals surface area contributed by atoms with E-state index in [9.17, 15) is 4.39 Å². The highest BCUT2D eigenvalue weighted by Crippen LogP contribution is 2.28. The van der Waals surface area contributed by atoms with Crippen molar-refractivity contribution >= 4 is 43.5 Å². The van der Waals surface area contributed by atoms with Crippen molar-refractivity contribution in [2.45, 2.75) is 12.5 Å². The van der Waals surface area contributed by atoms with Gasteiger partial charge in [0.1, 0.15) is 5.82 Å². The van der Waals surface area contributed by atoms with Gasteiger partial charge in [-0.2, -0.15) is 0 Å². The van der Waals surface area contributed by atoms with Crippen LogP contribution < -0.4 is 5.32 Å². The Morgan fingerprint density at radius 2 is 2.10 bits per heavy atom. The number of likely N-dealkylation sites (N-methyl/N-ethyl adjacent to an activating group) is 1. The van der Waals surface area contributed by atoms with Gasteiger partial charge in [-0.3, -0.25) is 4.98 Å². The summed E-state index contributed by atoms with van der Waals surface area (Å²) in [5, 5.41) is 3.64. The molecule has 106 valence electrons. The fourth-order valence-electron chi connectivity index (χ4n) is 1.92. The van der Waals surface area contributed by atoms with E-state index in [4.69, 9.17) is 11.6 Å². The number of benzene rings is 1. The molecule has 1 atom stereocenters. The number of pyridine rings is 1. The van der Waals surface area contributed by atoms with E-state index < -0.39 is 0 Å². The van der Waals surface area contributed by atoms with Crippen molar-refractivity contribution in [3.63, 3.8) is 0 Å². The third kappa shape index (κ3) is 3.79. The Morgan fingerprint density at radius 3 is 2.70 bits per heavy atom. The van der Waals surface area contributed by atoms with Gasteiger partial charge in [-0.15, -0.1) is 0 Å². The van der Waals surface area contributed by atoms with Crippen LogP contribution in [-0.2, 0) is 6.42 Å². The summed E-state index contributed by atoms with van der Waals surface area (Å²) in [6.07, 6.45) is 2.37. The zero-order chi connectivity index (χ0) is 14.7. The molecule has 2 nitrogen and oxygen atoms in total. The van der Waals surface area contributed by atoms with Crippen molar-refractivity contribution < 1.29 is 4.39 Å². The summed E-state index contributed by atoms with van der Waals surface area (Å²) >= 11 is 13.0. The van der Waals surface area contributed by atoms with E-state index in [1.165, 1.54) is 12.1 Å². The van der Waals surface area contributed by atoms with E-state index in [0.717, 1.165) is 20.2 Å². The molecule has 20 heavy (non-hydrogen) atoms. The third-order valence-corrected chi connectivity index (χ3v) is 4.37. The van der Waals surface area contributed by atoms with Crippen LogP contribution in [0.3, 0.4) is 0 Å². The number of nitrogens with zero attached hydrogens (tertiary/aromatic N) is 1. The van der Waals surface area contributed by atoms with Crippen LogP contribution in [0.4, 0.5) is 4.39 Å². The molecule has 1 aromatic carbocycles. The second-order valence-electron chi connectivity index (χ2n) is 4.30. The van der Waals surface area contributed by atoms with Gasteiger partial charge in [0.25, 0.3) is 0 Å². The van der Waals surface area contributed by atoms with E-state index in [2.05, 4.69) is 42.2 Å². The summed E-state index contributed by atoms with van der Waals surface area (Å²) < 4.78 is 14.9. The van der Waals surface area contributed by atoms with Gasteiger partial charge in [0.15, 0.2) is 0 Å². The molecule has 0 saturated heterocycles. The predicted molar refractivity (Wildman–Crippen MR) is 86.6 cm³/mol. The molecule has 0 amide bonds. The minimum Gasteiger partial charge on any atom is -0.311 e. The number of halogens is 4. The van der Waals surface area contributed by atoms with Crippen LogP contribution in [0.1, 0.15) is 17.3 Å². The number of aromatic nitrogens is 1. The summed E-state index contributed by atoms with van der Waals surface area (Å²) in [6, 6.07) is 6.37. The molecule has 0 radical (unpaired) electrons. The largest absolute Gasteiger partial charge is 0.311 e. The first-order chi connectivity index (χ1) is 9.51. The molecule has 1 unspecified atom stereocenters. The Labute approximate surface area is 139 Å². The number of nitrogens with one attached hydrogen (secondary N) is 1. The normalized spacial score (nSPS) is 12.4. The first kappa shape index (κ1) is 15.9. The number of hydrogen-bond acceptors (Lipinski definition) is 2. The lowest BCUT2D eigenvalue weighted by Gasteiger charge is -2.18. The van der Waals surface area contributed by atoms with Gasteiger partial charge in [-0.05, 0) is 69.1 Å². The van der Waals surface area contributed by atoms with Crippen molar-refractivity contribution in [3.8, 4) is 0 Å². The SMILES string of the molecule is CNC(Cc1ccc(F)cc1Cl)c1ncc(Br)cc1Br. The fourth-order valence-corrected chi connectivity index (χ4v) is 3.43. The van der Waals surface area contributed by atoms with Gasteiger partial charge < -0.3 is 5.32 Å². The van der Waals surface area contributed by atoms with E-state index in [-0.39, 0.29) is 11.9 Å². The zero-order valence-corrected chi connectivity index (χ0v) is 14.6. The zero-order valence-electron chi connectivity index (χ0n) is 10.6. The molecule has 6 heteroatoms. The highest BCUT2D eigenvalue weighted by Gasteiger charge is 2.17. The van der Waals surface area contributed by atoms with Crippen LogP contribution in [0.25, 0.3) is 0 Å². The summed E-state index contributed by atoms with van der Waals surface area (Å²) in [5.41, 5.74) is 1.76. The molecule has 0 aliphatic heterocycles. The summed E-state index contributed by atoms with van der Waals surface area (Å²) in [4.78, 5) is 4.42. The minimum atomic E-state index is -0.331. The quantitative estimate of drug-likeness (QED) is 0.758. The lowest BCUT2D eigenvalue weighted by Crippen LogP contribution is -2.20. The average Bonchev–Trinajstić information content (AvgIpc) is 2.39. The van der Waals surface area contributed by atoms with Gasteiger partial charge >= 0.3 is 0 Å². The number of rotatable bonds is 4. The molecule has 0 bridgehead atoms. The lowest BCUT2D eigenvalue weighted by molar-refractivity contribution is 0.571. The Morgan fingerprint density at radius 1 is 1.35 bits per heavy atom. The molecule has 1 N–H and O–H groups in total. The molecule has 2 rings (SSSR count). The molecule has 0 aliphatic rings. The lowest BCUT2D eigenvalue weighted by atomic mass is 10.0. The Balaban J connectivity index is 2.28. The second-order valence-corrected chi connectivity index (χ2v) is 6.48. The second kappa shape index (κ2) is 6.98. The third-order valence-electron chi connectivity index (χ3n) is 2.95. The van der Waals surface area contributed by atoms with Gasteiger partial charge in [-0.1, -0.05) is 17.7 Å². The van der Waals surface area contributed by atoms with Crippen LogP contribution >= 0.6 is 43.5 Å². The topological polar surface area (TPSA) is 24.9 Å². The van der Waals surface area contributed by atoms with Crippen LogP contribution in [0.2, 0.25) is 5.02 Å². The standard InChI is InChI=1S/C14H12Br2ClFN2/c1-19-13(14-11(16)5-9(15)7-20-14)4-8-2-3-10(18)6-12(8)17/h2-3,5-7,13,19H,4H2,1H3. The molecule has 0 aliphatic carbocycles. The molecule has 1 aromatic heterocycles. The Kier molecular flexibility index (Phi) is 5.55. The molecular formula is C14H12Br2ClFN2. The fraction of sp³-hybridized carbons (Fsp3) is 0.214. The van der Waals surface area contributed by atoms with Crippen LogP contribution in [0.15, 0.2) is 39.4 Å². The highest BCUT2D eigenvalue weighted by molar-refractivity contribution is 9.11. The molecule has 1 heterocycles. The van der Waals surface area contributed by atoms with E-state index >= 15 is 0 Å². The van der Waals surface area contributed by atoms with Gasteiger partial charge in [-0.25, -0.2) is 4.39 Å². The van der Waals surface area contributed by atoms with Crippen LogP contribution in [0, 0.1) is 5.82 Å². The van der Waals surface area contributed by atoms with Crippen LogP contribution in [-0.4, -0.2) is 12.0 Å². The number of hydrogen-bond donors (Lipinski definition) is 1. The average molecular weight is 423 g/mol. The van der Waals surface area contributed by atoms with Gasteiger partial charge in [0.2, 0.25) is 0 Å². The maximum Gasteiger partial charge on any atom is 0.124 e. The summed E-state index contributed by atoms with van der Waals surface area (Å²) in [6.45, 7) is 0. The summed E-state index contributed by atoms with van der Waals surface area (Å²) in [7, 11) is 1.86. The van der Waals surface area contributed by atoms with Gasteiger partial charge in [0, 0.05) is 20.2 Å². The molecule has 2 aromatic rings. The van der Waals surface area contributed by atoms with Crippen molar-refractivity contribution in [2.24, 2.45) is 0 Å². The Bertz CT molecular complexity index is 622. The molecular weight excluding hydrogens is 410 g/mol. The molecule has 0 spiro atoms. The predicted octanol–water partition coefficient (Wildman–Crippen LogP) is 4.90. The van der Waals surface area contributed by atoms with E-state index in [1.807, 2.05) is 13.1 Å². The van der Waals surface area contributed by atoms with Crippen molar-refractivity contribution in [3.05, 3.63) is 61.5 Å². The van der Waals surface area contributed by atoms with Crippen molar-refractivity contribution in [2.75, 3.05) is 7.05 Å². The van der Waals surface area contributed by atoms with E-state index in [1.54, 1.807) is 12.3 Å². The minimum absolute atomic E-state index is 0.0135. The first-order valence-electron chi connectivity index (χ1n) is 5.93. The maximum absolute atomic E-state index is 13.1. The van der Waals surface area contributed by atoms with Crippen molar-refractivity contribution in [1.82, 2.24) is 10.3 Å². The Hall–Kier alpha value is -0.490. The first-order valence-corrected chi connectivity index (χ1v) is 7.89. The van der Waals surface area contributed by atoms with Gasteiger partial charge in [0.05, 0.1) is 11.7 Å². The van der Waals surface area contributed by atoms with E-state index in [0.29, 0.717) is 11.4 Å². The maximum atomic E-state index is 13.1. The van der Waals surface area contributed by atoms with Crippen molar-refractivity contribution in [1.29, 1.82) is 0 Å². The highest BCUT2D eigenvalue weighted by atomic mass is 79.9.